The van der Waals surface area contributed by atoms with Crippen molar-refractivity contribution in [2.45, 2.75) is 18.8 Å². The predicted molar refractivity (Wildman–Crippen MR) is 102 cm³/mol. The summed E-state index contributed by atoms with van der Waals surface area (Å²) in [4.78, 5) is 25.8. The molecule has 0 unspecified atom stereocenters. The van der Waals surface area contributed by atoms with Gasteiger partial charge in [-0.25, -0.2) is 9.37 Å². The van der Waals surface area contributed by atoms with Crippen LogP contribution in [-0.2, 0) is 0 Å². The number of pyridine rings is 1. The molecule has 8 heteroatoms. The predicted octanol–water partition coefficient (Wildman–Crippen LogP) is 4.66. The van der Waals surface area contributed by atoms with Crippen LogP contribution in [0.25, 0.3) is 22.6 Å². The molecule has 1 N–H and O–H groups in total. The van der Waals surface area contributed by atoms with Gasteiger partial charge in [0, 0.05) is 17.7 Å². The molecular formula is C21H15FN4O3. The van der Waals surface area contributed by atoms with Gasteiger partial charge >= 0.3 is 6.01 Å². The highest BCUT2D eigenvalue weighted by Crippen LogP contribution is 2.41. The Balaban J connectivity index is 1.44. The Hall–Kier alpha value is -3.81. The molecule has 0 bridgehead atoms. The minimum atomic E-state index is -0.543. The summed E-state index contributed by atoms with van der Waals surface area (Å²) in [7, 11) is 0. The lowest BCUT2D eigenvalue weighted by atomic mass is 10.1. The van der Waals surface area contributed by atoms with Gasteiger partial charge < -0.3 is 8.83 Å². The van der Waals surface area contributed by atoms with Gasteiger partial charge in [-0.1, -0.05) is 6.07 Å². The number of carbonyl (C=O) groups is 1. The van der Waals surface area contributed by atoms with E-state index in [4.69, 9.17) is 8.83 Å². The fraction of sp³-hybridized carbons (Fsp3) is 0.143. The summed E-state index contributed by atoms with van der Waals surface area (Å²) in [6.45, 7) is 0. The van der Waals surface area contributed by atoms with Crippen LogP contribution in [0.4, 0.5) is 10.4 Å². The lowest BCUT2D eigenvalue weighted by molar-refractivity contribution is 0.0993. The second-order valence-electron chi connectivity index (χ2n) is 6.72. The summed E-state index contributed by atoms with van der Waals surface area (Å²) in [5.74, 6) is -0.147. The van der Waals surface area contributed by atoms with Crippen LogP contribution in [0.15, 0.2) is 63.8 Å². The van der Waals surface area contributed by atoms with E-state index in [2.05, 4.69) is 20.3 Å². The number of benzene rings is 1. The number of nitrogens with one attached hydrogen (secondary N) is 1. The third-order valence-electron chi connectivity index (χ3n) is 4.55. The monoisotopic (exact) mass is 390 g/mol. The first-order valence-electron chi connectivity index (χ1n) is 9.12. The first-order valence-corrected chi connectivity index (χ1v) is 9.12. The molecular weight excluding hydrogens is 375 g/mol. The third kappa shape index (κ3) is 3.52. The van der Waals surface area contributed by atoms with Crippen molar-refractivity contribution in [2.75, 3.05) is 5.32 Å². The Morgan fingerprint density at radius 2 is 1.90 bits per heavy atom. The van der Waals surface area contributed by atoms with Gasteiger partial charge in [-0.2, -0.15) is 4.98 Å². The maximum atomic E-state index is 13.3. The molecule has 1 aliphatic rings. The summed E-state index contributed by atoms with van der Waals surface area (Å²) in [6, 6.07) is 11.2. The van der Waals surface area contributed by atoms with Crippen LogP contribution >= 0.6 is 0 Å². The van der Waals surface area contributed by atoms with Gasteiger partial charge in [0.1, 0.15) is 23.5 Å². The Kier molecular flexibility index (Phi) is 4.16. The molecule has 3 heterocycles. The van der Waals surface area contributed by atoms with Crippen molar-refractivity contribution in [2.24, 2.45) is 0 Å². The molecule has 7 nitrogen and oxygen atoms in total. The molecule has 0 aliphatic heterocycles. The van der Waals surface area contributed by atoms with Crippen LogP contribution in [0.5, 0.6) is 0 Å². The number of amides is 1. The number of hydrogen-bond donors (Lipinski definition) is 1. The number of carbonyl (C=O) groups excluding carboxylic acids is 1. The molecule has 1 saturated carbocycles. The van der Waals surface area contributed by atoms with Crippen molar-refractivity contribution in [3.8, 4) is 22.6 Å². The quantitative estimate of drug-likeness (QED) is 0.533. The second-order valence-corrected chi connectivity index (χ2v) is 6.72. The van der Waals surface area contributed by atoms with Crippen LogP contribution in [-0.4, -0.2) is 20.9 Å². The lowest BCUT2D eigenvalue weighted by Crippen LogP contribution is -2.12. The molecule has 144 valence electrons. The summed E-state index contributed by atoms with van der Waals surface area (Å²) in [6.07, 6.45) is 5.00. The van der Waals surface area contributed by atoms with E-state index in [0.717, 1.165) is 12.8 Å². The van der Waals surface area contributed by atoms with Gasteiger partial charge in [-0.15, -0.1) is 0 Å². The fourth-order valence-electron chi connectivity index (χ4n) is 2.92. The molecule has 0 atom stereocenters. The number of nitrogens with zero attached hydrogens (tertiary/aromatic N) is 3. The Morgan fingerprint density at radius 3 is 2.62 bits per heavy atom. The summed E-state index contributed by atoms with van der Waals surface area (Å²) in [5.41, 5.74) is 2.07. The topological polar surface area (TPSA) is 94.1 Å². The summed E-state index contributed by atoms with van der Waals surface area (Å²) in [5, 5.41) is 2.59. The van der Waals surface area contributed by atoms with E-state index in [0.29, 0.717) is 28.5 Å². The van der Waals surface area contributed by atoms with Gasteiger partial charge in [0.15, 0.2) is 5.89 Å². The van der Waals surface area contributed by atoms with E-state index in [1.165, 1.54) is 18.4 Å². The van der Waals surface area contributed by atoms with Crippen molar-refractivity contribution >= 4 is 11.9 Å². The third-order valence-corrected chi connectivity index (χ3v) is 4.55. The Labute approximate surface area is 164 Å². The molecule has 29 heavy (non-hydrogen) atoms. The normalized spacial score (nSPS) is 13.4. The Bertz CT molecular complexity index is 1160. The number of anilines is 1. The molecule has 0 spiro atoms. The SMILES string of the molecule is O=C(Nc1nc(-c2ccccn2)co1)c1oc(C2CC2)nc1-c1ccc(F)cc1. The van der Waals surface area contributed by atoms with Crippen molar-refractivity contribution in [1.82, 2.24) is 15.0 Å². The van der Waals surface area contributed by atoms with Crippen molar-refractivity contribution in [3.05, 3.63) is 72.4 Å². The molecule has 1 amide bonds. The molecule has 0 saturated heterocycles. The zero-order valence-electron chi connectivity index (χ0n) is 15.1. The summed E-state index contributed by atoms with van der Waals surface area (Å²) >= 11 is 0. The maximum Gasteiger partial charge on any atom is 0.302 e. The minimum Gasteiger partial charge on any atom is -0.435 e. The lowest BCUT2D eigenvalue weighted by Gasteiger charge is -2.01. The molecule has 0 radical (unpaired) electrons. The molecule has 1 aliphatic carbocycles. The van der Waals surface area contributed by atoms with Gasteiger partial charge in [0.25, 0.3) is 5.91 Å². The smallest absolute Gasteiger partial charge is 0.302 e. The zero-order chi connectivity index (χ0) is 19.8. The van der Waals surface area contributed by atoms with E-state index in [9.17, 15) is 9.18 Å². The first-order chi connectivity index (χ1) is 14.2. The van der Waals surface area contributed by atoms with E-state index < -0.39 is 5.91 Å². The van der Waals surface area contributed by atoms with Gasteiger partial charge in [0.05, 0.1) is 5.69 Å². The number of hydrogen-bond acceptors (Lipinski definition) is 6. The highest BCUT2D eigenvalue weighted by atomic mass is 19.1. The number of aromatic nitrogens is 3. The van der Waals surface area contributed by atoms with Crippen LogP contribution in [0, 0.1) is 5.82 Å². The van der Waals surface area contributed by atoms with Crippen molar-refractivity contribution in [1.29, 1.82) is 0 Å². The van der Waals surface area contributed by atoms with Gasteiger partial charge in [-0.3, -0.25) is 15.1 Å². The van der Waals surface area contributed by atoms with E-state index in [-0.39, 0.29) is 23.5 Å². The van der Waals surface area contributed by atoms with Crippen molar-refractivity contribution in [3.63, 3.8) is 0 Å². The fourth-order valence-corrected chi connectivity index (χ4v) is 2.92. The van der Waals surface area contributed by atoms with E-state index >= 15 is 0 Å². The largest absolute Gasteiger partial charge is 0.435 e. The molecule has 4 aromatic rings. The van der Waals surface area contributed by atoms with E-state index in [1.54, 1.807) is 30.5 Å². The van der Waals surface area contributed by atoms with Gasteiger partial charge in [0.2, 0.25) is 5.76 Å². The molecule has 1 aromatic carbocycles. The average Bonchev–Trinajstić information content (AvgIpc) is 3.32. The zero-order valence-corrected chi connectivity index (χ0v) is 15.1. The number of oxazole rings is 2. The second kappa shape index (κ2) is 6.97. The highest BCUT2D eigenvalue weighted by Gasteiger charge is 2.32. The Morgan fingerprint density at radius 1 is 1.07 bits per heavy atom. The van der Waals surface area contributed by atoms with Gasteiger partial charge in [-0.05, 0) is 49.2 Å². The van der Waals surface area contributed by atoms with Crippen LogP contribution < -0.4 is 5.32 Å². The molecule has 1 fully saturated rings. The molecule has 3 aromatic heterocycles. The van der Waals surface area contributed by atoms with Crippen LogP contribution in [0.2, 0.25) is 0 Å². The molecule has 5 rings (SSSR count). The van der Waals surface area contributed by atoms with Crippen molar-refractivity contribution < 1.29 is 18.0 Å². The minimum absolute atomic E-state index is 0.0186. The highest BCUT2D eigenvalue weighted by molar-refractivity contribution is 6.05. The number of halogens is 1. The van der Waals surface area contributed by atoms with Crippen LogP contribution in [0.1, 0.15) is 35.2 Å². The summed E-state index contributed by atoms with van der Waals surface area (Å²) < 4.78 is 24.4. The van der Waals surface area contributed by atoms with Crippen LogP contribution in [0.3, 0.4) is 0 Å². The maximum absolute atomic E-state index is 13.3. The first kappa shape index (κ1) is 17.3. The average molecular weight is 390 g/mol. The number of rotatable bonds is 5. The standard InChI is InChI=1S/C21H15FN4O3/c22-14-8-6-12(7-9-14)17-18(29-20(25-17)13-4-5-13)19(27)26-21-24-16(11-28-21)15-3-1-2-10-23-15/h1-3,6-11,13H,4-5H2,(H,24,26,27). The van der Waals surface area contributed by atoms with E-state index in [1.807, 2.05) is 6.07 Å².